The van der Waals surface area contributed by atoms with Crippen LogP contribution in [0.4, 0.5) is 0 Å². The molecule has 1 aliphatic heterocycles. The zero-order valence-electron chi connectivity index (χ0n) is 12.2. The lowest BCUT2D eigenvalue weighted by atomic mass is 9.96. The summed E-state index contributed by atoms with van der Waals surface area (Å²) >= 11 is 0. The van der Waals surface area contributed by atoms with Gasteiger partial charge in [-0.3, -0.25) is 0 Å². The van der Waals surface area contributed by atoms with E-state index in [1.54, 1.807) is 0 Å². The Hall–Kier alpha value is -0.120. The second-order valence-corrected chi connectivity index (χ2v) is 5.78. The van der Waals surface area contributed by atoms with Crippen LogP contribution in [0.3, 0.4) is 0 Å². The fraction of sp³-hybridized carbons (Fsp3) is 1.00. The van der Waals surface area contributed by atoms with E-state index in [4.69, 9.17) is 0 Å². The predicted molar refractivity (Wildman–Crippen MR) is 75.5 cm³/mol. The summed E-state index contributed by atoms with van der Waals surface area (Å²) in [7, 11) is 6.47. The zero-order valence-corrected chi connectivity index (χ0v) is 12.2. The maximum absolute atomic E-state index is 3.44. The van der Waals surface area contributed by atoms with Gasteiger partial charge >= 0.3 is 0 Å². The predicted octanol–water partition coefficient (Wildman–Crippen LogP) is 1.65. The maximum Gasteiger partial charge on any atom is 0.0191 e. The number of hydrogen-bond acceptors (Lipinski definition) is 3. The first-order valence-corrected chi connectivity index (χ1v) is 7.20. The van der Waals surface area contributed by atoms with Crippen molar-refractivity contribution in [1.29, 1.82) is 0 Å². The summed E-state index contributed by atoms with van der Waals surface area (Å²) in [4.78, 5) is 4.97. The molecule has 1 unspecified atom stereocenters. The third-order valence-corrected chi connectivity index (χ3v) is 3.85. The third kappa shape index (κ3) is 5.84. The minimum absolute atomic E-state index is 0.686. The number of likely N-dealkylation sites (N-methyl/N-ethyl adjacent to an activating group) is 1. The van der Waals surface area contributed by atoms with Crippen molar-refractivity contribution < 1.29 is 0 Å². The summed E-state index contributed by atoms with van der Waals surface area (Å²) < 4.78 is 0. The molecular formula is C14H31N3. The van der Waals surface area contributed by atoms with Crippen molar-refractivity contribution in [3.63, 3.8) is 0 Å². The number of nitrogens with one attached hydrogen (secondary N) is 1. The SMILES string of the molecule is CCCC(CN1CCC(CN(C)C)CC1)NC. The number of nitrogens with zero attached hydrogens (tertiary/aromatic N) is 2. The lowest BCUT2D eigenvalue weighted by Gasteiger charge is -2.35. The van der Waals surface area contributed by atoms with Crippen molar-refractivity contribution in [3.8, 4) is 0 Å². The summed E-state index contributed by atoms with van der Waals surface area (Å²) in [5, 5.41) is 3.44. The van der Waals surface area contributed by atoms with E-state index in [2.05, 4.69) is 43.2 Å². The molecule has 102 valence electrons. The van der Waals surface area contributed by atoms with E-state index in [-0.39, 0.29) is 0 Å². The van der Waals surface area contributed by atoms with Crippen LogP contribution in [0.15, 0.2) is 0 Å². The van der Waals surface area contributed by atoms with Crippen LogP contribution < -0.4 is 5.32 Å². The average molecular weight is 241 g/mol. The maximum atomic E-state index is 3.44. The number of piperidine rings is 1. The molecule has 0 aromatic rings. The second kappa shape index (κ2) is 8.06. The van der Waals surface area contributed by atoms with E-state index in [1.165, 1.54) is 51.9 Å². The van der Waals surface area contributed by atoms with Crippen LogP contribution in [0, 0.1) is 5.92 Å². The van der Waals surface area contributed by atoms with E-state index in [0.717, 1.165) is 5.92 Å². The molecule has 1 aliphatic rings. The van der Waals surface area contributed by atoms with Gasteiger partial charge in [-0.25, -0.2) is 0 Å². The van der Waals surface area contributed by atoms with Crippen LogP contribution in [-0.2, 0) is 0 Å². The lowest BCUT2D eigenvalue weighted by Crippen LogP contribution is -2.44. The minimum atomic E-state index is 0.686. The lowest BCUT2D eigenvalue weighted by molar-refractivity contribution is 0.150. The highest BCUT2D eigenvalue weighted by Gasteiger charge is 2.21. The molecule has 0 radical (unpaired) electrons. The van der Waals surface area contributed by atoms with Gasteiger partial charge in [-0.1, -0.05) is 13.3 Å². The normalized spacial score (nSPS) is 21.0. The molecule has 0 amide bonds. The van der Waals surface area contributed by atoms with Gasteiger partial charge in [0.1, 0.15) is 0 Å². The molecule has 1 atom stereocenters. The fourth-order valence-electron chi connectivity index (χ4n) is 2.86. The van der Waals surface area contributed by atoms with Crippen molar-refractivity contribution in [1.82, 2.24) is 15.1 Å². The van der Waals surface area contributed by atoms with E-state index >= 15 is 0 Å². The first kappa shape index (κ1) is 14.9. The average Bonchev–Trinajstić information content (AvgIpc) is 2.30. The van der Waals surface area contributed by atoms with Gasteiger partial charge in [0.15, 0.2) is 0 Å². The van der Waals surface area contributed by atoms with Gasteiger partial charge in [-0.2, -0.15) is 0 Å². The van der Waals surface area contributed by atoms with Gasteiger partial charge in [0, 0.05) is 19.1 Å². The summed E-state index contributed by atoms with van der Waals surface area (Å²) in [6, 6.07) is 0.686. The molecule has 1 N–H and O–H groups in total. The Morgan fingerprint density at radius 2 is 1.94 bits per heavy atom. The molecule has 1 fully saturated rings. The van der Waals surface area contributed by atoms with Gasteiger partial charge in [0.25, 0.3) is 0 Å². The van der Waals surface area contributed by atoms with Crippen molar-refractivity contribution in [2.75, 3.05) is 47.3 Å². The molecule has 1 rings (SSSR count). The van der Waals surface area contributed by atoms with Crippen LogP contribution in [-0.4, -0.2) is 63.2 Å². The molecule has 1 saturated heterocycles. The van der Waals surface area contributed by atoms with Gasteiger partial charge in [0.2, 0.25) is 0 Å². The number of likely N-dealkylation sites (tertiary alicyclic amines) is 1. The van der Waals surface area contributed by atoms with E-state index in [0.29, 0.717) is 6.04 Å². The number of hydrogen-bond donors (Lipinski definition) is 1. The summed E-state index contributed by atoms with van der Waals surface area (Å²) in [5.74, 6) is 0.917. The highest BCUT2D eigenvalue weighted by Crippen LogP contribution is 2.18. The molecular weight excluding hydrogens is 210 g/mol. The first-order valence-electron chi connectivity index (χ1n) is 7.20. The largest absolute Gasteiger partial charge is 0.316 e. The first-order chi connectivity index (χ1) is 8.15. The van der Waals surface area contributed by atoms with Crippen molar-refractivity contribution >= 4 is 0 Å². The van der Waals surface area contributed by atoms with Crippen molar-refractivity contribution in [3.05, 3.63) is 0 Å². The molecule has 1 heterocycles. The van der Waals surface area contributed by atoms with Gasteiger partial charge in [-0.05, 0) is 59.4 Å². The van der Waals surface area contributed by atoms with E-state index < -0.39 is 0 Å². The molecule has 0 bridgehead atoms. The Morgan fingerprint density at radius 1 is 1.29 bits per heavy atom. The van der Waals surface area contributed by atoms with Gasteiger partial charge in [-0.15, -0.1) is 0 Å². The second-order valence-electron chi connectivity index (χ2n) is 5.78. The fourth-order valence-corrected chi connectivity index (χ4v) is 2.86. The van der Waals surface area contributed by atoms with Gasteiger partial charge < -0.3 is 15.1 Å². The third-order valence-electron chi connectivity index (χ3n) is 3.85. The van der Waals surface area contributed by atoms with E-state index in [1.807, 2.05) is 0 Å². The minimum Gasteiger partial charge on any atom is -0.316 e. The van der Waals surface area contributed by atoms with E-state index in [9.17, 15) is 0 Å². The van der Waals surface area contributed by atoms with Crippen LogP contribution in [0.25, 0.3) is 0 Å². The van der Waals surface area contributed by atoms with Gasteiger partial charge in [0.05, 0.1) is 0 Å². The summed E-state index contributed by atoms with van der Waals surface area (Å²) in [6.45, 7) is 7.35. The van der Waals surface area contributed by atoms with Crippen molar-refractivity contribution in [2.45, 2.75) is 38.6 Å². The monoisotopic (exact) mass is 241 g/mol. The summed E-state index contributed by atoms with van der Waals surface area (Å²) in [6.07, 6.45) is 5.33. The Kier molecular flexibility index (Phi) is 7.09. The molecule has 0 saturated carbocycles. The molecule has 0 spiro atoms. The Bertz CT molecular complexity index is 186. The molecule has 3 nitrogen and oxygen atoms in total. The van der Waals surface area contributed by atoms with Crippen LogP contribution >= 0.6 is 0 Å². The number of rotatable bonds is 7. The Labute approximate surface area is 108 Å². The van der Waals surface area contributed by atoms with Crippen LogP contribution in [0.2, 0.25) is 0 Å². The Balaban J connectivity index is 2.22. The summed E-state index contributed by atoms with van der Waals surface area (Å²) in [5.41, 5.74) is 0. The highest BCUT2D eigenvalue weighted by molar-refractivity contribution is 4.77. The van der Waals surface area contributed by atoms with Crippen molar-refractivity contribution in [2.24, 2.45) is 5.92 Å². The zero-order chi connectivity index (χ0) is 12.7. The molecule has 17 heavy (non-hydrogen) atoms. The molecule has 0 aliphatic carbocycles. The molecule has 3 heteroatoms. The molecule has 0 aromatic heterocycles. The quantitative estimate of drug-likeness (QED) is 0.731. The topological polar surface area (TPSA) is 18.5 Å². The van der Waals surface area contributed by atoms with Crippen LogP contribution in [0.5, 0.6) is 0 Å². The van der Waals surface area contributed by atoms with Crippen LogP contribution in [0.1, 0.15) is 32.6 Å². The highest BCUT2D eigenvalue weighted by atomic mass is 15.2. The smallest absolute Gasteiger partial charge is 0.0191 e. The molecule has 0 aromatic carbocycles. The Morgan fingerprint density at radius 3 is 2.41 bits per heavy atom. The standard InChI is InChI=1S/C14H31N3/c1-5-6-14(15-2)12-17-9-7-13(8-10-17)11-16(3)4/h13-15H,5-12H2,1-4H3.